The fourth-order valence-corrected chi connectivity index (χ4v) is 2.87. The number of phenols is 2. The molecule has 27 heavy (non-hydrogen) atoms. The number of ether oxygens (including phenoxy) is 1. The molecule has 0 fully saturated rings. The van der Waals surface area contributed by atoms with Crippen molar-refractivity contribution in [3.63, 3.8) is 0 Å². The van der Waals surface area contributed by atoms with Gasteiger partial charge in [0, 0.05) is 5.56 Å². The van der Waals surface area contributed by atoms with Gasteiger partial charge in [-0.15, -0.1) is 5.10 Å². The van der Waals surface area contributed by atoms with Crippen molar-refractivity contribution in [1.29, 1.82) is 0 Å². The highest BCUT2D eigenvalue weighted by Gasteiger charge is 2.25. The van der Waals surface area contributed by atoms with Crippen molar-refractivity contribution in [2.45, 2.75) is 26.3 Å². The Morgan fingerprint density at radius 2 is 1.89 bits per heavy atom. The summed E-state index contributed by atoms with van der Waals surface area (Å²) in [7, 11) is 1.40. The summed E-state index contributed by atoms with van der Waals surface area (Å²) in [5.74, 6) is -1.37. The Morgan fingerprint density at radius 3 is 2.52 bits per heavy atom. The van der Waals surface area contributed by atoms with Crippen molar-refractivity contribution in [1.82, 2.24) is 15.0 Å². The van der Waals surface area contributed by atoms with E-state index in [-0.39, 0.29) is 22.9 Å². The minimum absolute atomic E-state index is 0.0215. The zero-order valence-electron chi connectivity index (χ0n) is 15.4. The number of carbonyl (C=O) groups is 1. The van der Waals surface area contributed by atoms with Gasteiger partial charge in [0.15, 0.2) is 17.2 Å². The van der Waals surface area contributed by atoms with Crippen molar-refractivity contribution < 1.29 is 19.7 Å². The maximum Gasteiger partial charge on any atom is 0.218 e. The van der Waals surface area contributed by atoms with Crippen LogP contribution < -0.4 is 4.74 Å². The minimum Gasteiger partial charge on any atom is -0.504 e. The van der Waals surface area contributed by atoms with Gasteiger partial charge in [-0.3, -0.25) is 4.79 Å². The second-order valence-electron chi connectivity index (χ2n) is 6.51. The van der Waals surface area contributed by atoms with Gasteiger partial charge in [-0.2, -0.15) is 0 Å². The summed E-state index contributed by atoms with van der Waals surface area (Å²) >= 11 is 0. The lowest BCUT2D eigenvalue weighted by Crippen LogP contribution is -2.06. The predicted octanol–water partition coefficient (Wildman–Crippen LogP) is 3.10. The molecule has 3 aromatic rings. The number of aromatic hydroxyl groups is 2. The molecule has 7 nitrogen and oxygen atoms in total. The fourth-order valence-electron chi connectivity index (χ4n) is 2.87. The molecule has 1 heterocycles. The van der Waals surface area contributed by atoms with Crippen LogP contribution in [0.25, 0.3) is 0 Å². The van der Waals surface area contributed by atoms with Gasteiger partial charge in [0.1, 0.15) is 0 Å². The fraction of sp³-hybridized carbons (Fsp3) is 0.250. The second-order valence-corrected chi connectivity index (χ2v) is 6.51. The average molecular weight is 367 g/mol. The Bertz CT molecular complexity index is 965. The third-order valence-corrected chi connectivity index (χ3v) is 4.29. The number of ketones is 1. The molecule has 0 saturated carbocycles. The molecular weight excluding hydrogens is 346 g/mol. The van der Waals surface area contributed by atoms with Gasteiger partial charge in [-0.1, -0.05) is 49.4 Å². The number of methoxy groups -OCH3 is 1. The van der Waals surface area contributed by atoms with E-state index in [1.54, 1.807) is 4.68 Å². The number of hydrogen-bond acceptors (Lipinski definition) is 6. The Balaban J connectivity index is 1.94. The van der Waals surface area contributed by atoms with Gasteiger partial charge in [-0.05, 0) is 17.5 Å². The lowest BCUT2D eigenvalue weighted by molar-refractivity contribution is 0.103. The first kappa shape index (κ1) is 18.4. The van der Waals surface area contributed by atoms with Crippen molar-refractivity contribution >= 4 is 5.78 Å². The molecule has 0 unspecified atom stereocenters. The van der Waals surface area contributed by atoms with Crippen LogP contribution in [0.2, 0.25) is 0 Å². The molecule has 7 heteroatoms. The first-order valence-electron chi connectivity index (χ1n) is 8.54. The number of aromatic nitrogens is 3. The zero-order valence-corrected chi connectivity index (χ0v) is 15.4. The standard InChI is InChI=1S/C20H21N3O4/c1-12(2)14-9-15(18(25)19(26)20(14)27-3)17(24)16-11-23(22-21-16)10-13-7-5-4-6-8-13/h4-9,11-12,25-26H,10H2,1-3H3. The monoisotopic (exact) mass is 367 g/mol. The number of rotatable bonds is 6. The van der Waals surface area contributed by atoms with Crippen LogP contribution in [0, 0.1) is 0 Å². The molecule has 3 rings (SSSR count). The molecule has 140 valence electrons. The molecular formula is C20H21N3O4. The van der Waals surface area contributed by atoms with Crippen molar-refractivity contribution in [2.75, 3.05) is 7.11 Å². The van der Waals surface area contributed by atoms with Gasteiger partial charge < -0.3 is 14.9 Å². The Labute approximate surface area is 156 Å². The summed E-state index contributed by atoms with van der Waals surface area (Å²) in [6.07, 6.45) is 1.52. The SMILES string of the molecule is COc1c(C(C)C)cc(C(=O)c2cn(Cc3ccccc3)nn2)c(O)c1O. The smallest absolute Gasteiger partial charge is 0.218 e. The Hall–Kier alpha value is -3.35. The molecule has 2 N–H and O–H groups in total. The van der Waals surface area contributed by atoms with Crippen molar-refractivity contribution in [2.24, 2.45) is 0 Å². The number of nitrogens with zero attached hydrogens (tertiary/aromatic N) is 3. The average Bonchev–Trinajstić information content (AvgIpc) is 3.12. The zero-order chi connectivity index (χ0) is 19.6. The summed E-state index contributed by atoms with van der Waals surface area (Å²) in [6.45, 7) is 4.27. The molecule has 0 aliphatic heterocycles. The van der Waals surface area contributed by atoms with E-state index in [0.29, 0.717) is 12.1 Å². The van der Waals surface area contributed by atoms with Crippen LogP contribution in [-0.4, -0.2) is 38.1 Å². The lowest BCUT2D eigenvalue weighted by Gasteiger charge is -2.16. The predicted molar refractivity (Wildman–Crippen MR) is 99.4 cm³/mol. The number of phenolic OH excluding ortho intramolecular Hbond substituents is 2. The number of carbonyl (C=O) groups excluding carboxylic acids is 1. The normalized spacial score (nSPS) is 11.0. The lowest BCUT2D eigenvalue weighted by atomic mass is 9.95. The largest absolute Gasteiger partial charge is 0.504 e. The van der Waals surface area contributed by atoms with Crippen LogP contribution in [0.15, 0.2) is 42.6 Å². The highest BCUT2D eigenvalue weighted by atomic mass is 16.5. The van der Waals surface area contributed by atoms with Gasteiger partial charge in [0.25, 0.3) is 0 Å². The van der Waals surface area contributed by atoms with Gasteiger partial charge in [0.05, 0.1) is 25.4 Å². The highest BCUT2D eigenvalue weighted by Crippen LogP contribution is 2.44. The van der Waals surface area contributed by atoms with E-state index in [1.807, 2.05) is 44.2 Å². The van der Waals surface area contributed by atoms with Crippen LogP contribution >= 0.6 is 0 Å². The number of benzene rings is 2. The molecule has 0 atom stereocenters. The van der Waals surface area contributed by atoms with Crippen molar-refractivity contribution in [3.8, 4) is 17.2 Å². The van der Waals surface area contributed by atoms with Crippen LogP contribution in [-0.2, 0) is 6.54 Å². The van der Waals surface area contributed by atoms with Gasteiger partial charge in [-0.25, -0.2) is 4.68 Å². The molecule has 0 spiro atoms. The second kappa shape index (κ2) is 7.49. The third kappa shape index (κ3) is 3.62. The van der Waals surface area contributed by atoms with E-state index in [9.17, 15) is 15.0 Å². The van der Waals surface area contributed by atoms with E-state index in [1.165, 1.54) is 19.4 Å². The van der Waals surface area contributed by atoms with Crippen molar-refractivity contribution in [3.05, 3.63) is 65.0 Å². The Morgan fingerprint density at radius 1 is 1.19 bits per heavy atom. The number of hydrogen-bond donors (Lipinski definition) is 2. The highest BCUT2D eigenvalue weighted by molar-refractivity contribution is 6.10. The molecule has 0 radical (unpaired) electrons. The molecule has 0 amide bonds. The van der Waals surface area contributed by atoms with Gasteiger partial charge in [0.2, 0.25) is 11.5 Å². The summed E-state index contributed by atoms with van der Waals surface area (Å²) in [5.41, 5.74) is 1.69. The van der Waals surface area contributed by atoms with Gasteiger partial charge >= 0.3 is 0 Å². The summed E-state index contributed by atoms with van der Waals surface area (Å²) in [5, 5.41) is 28.4. The van der Waals surface area contributed by atoms with E-state index in [4.69, 9.17) is 4.74 Å². The van der Waals surface area contributed by atoms with E-state index in [2.05, 4.69) is 10.3 Å². The molecule has 0 saturated heterocycles. The maximum absolute atomic E-state index is 12.8. The summed E-state index contributed by atoms with van der Waals surface area (Å²) in [4.78, 5) is 12.8. The first-order chi connectivity index (χ1) is 12.9. The molecule has 1 aromatic heterocycles. The summed E-state index contributed by atoms with van der Waals surface area (Å²) < 4.78 is 6.72. The Kier molecular flexibility index (Phi) is 5.12. The maximum atomic E-state index is 12.8. The van der Waals surface area contributed by atoms with Crippen LogP contribution in [0.1, 0.15) is 46.9 Å². The molecule has 0 aliphatic rings. The topological polar surface area (TPSA) is 97.5 Å². The molecule has 0 aliphatic carbocycles. The molecule has 2 aromatic carbocycles. The van der Waals surface area contributed by atoms with E-state index >= 15 is 0 Å². The van der Waals surface area contributed by atoms with Crippen LogP contribution in [0.4, 0.5) is 0 Å². The van der Waals surface area contributed by atoms with Crippen LogP contribution in [0.3, 0.4) is 0 Å². The summed E-state index contributed by atoms with van der Waals surface area (Å²) in [6, 6.07) is 11.2. The van der Waals surface area contributed by atoms with Crippen LogP contribution in [0.5, 0.6) is 17.2 Å². The van der Waals surface area contributed by atoms with E-state index < -0.39 is 17.3 Å². The molecule has 0 bridgehead atoms. The first-order valence-corrected chi connectivity index (χ1v) is 8.54. The third-order valence-electron chi connectivity index (χ3n) is 4.29. The van der Waals surface area contributed by atoms with E-state index in [0.717, 1.165) is 5.56 Å². The quantitative estimate of drug-likeness (QED) is 0.513. The minimum atomic E-state index is -0.529.